The largest absolute Gasteiger partial charge is 0.489 e. The van der Waals surface area contributed by atoms with Crippen molar-refractivity contribution in [3.8, 4) is 11.5 Å². The molecule has 6 heteroatoms. The second kappa shape index (κ2) is 6.33. The number of fused-ring (bicyclic) bond motifs is 1. The van der Waals surface area contributed by atoms with Gasteiger partial charge in [-0.25, -0.2) is 0 Å². The van der Waals surface area contributed by atoms with Gasteiger partial charge in [-0.15, -0.1) is 0 Å². The van der Waals surface area contributed by atoms with Crippen molar-refractivity contribution >= 4 is 17.6 Å². The maximum absolute atomic E-state index is 10.9. The maximum atomic E-state index is 10.9. The van der Waals surface area contributed by atoms with Crippen LogP contribution in [0.5, 0.6) is 11.5 Å². The highest BCUT2D eigenvalue weighted by Gasteiger charge is 2.23. The molecule has 0 amide bonds. The Morgan fingerprint density at radius 1 is 1.45 bits per heavy atom. The predicted octanol–water partition coefficient (Wildman–Crippen LogP) is 2.02. The van der Waals surface area contributed by atoms with E-state index in [4.69, 9.17) is 31.9 Å². The molecule has 0 aliphatic carbocycles. The first-order valence-electron chi connectivity index (χ1n) is 6.62. The third kappa shape index (κ3) is 2.99. The molecule has 0 saturated carbocycles. The van der Waals surface area contributed by atoms with Crippen molar-refractivity contribution in [3.63, 3.8) is 0 Å². The van der Waals surface area contributed by atoms with Crippen molar-refractivity contribution in [2.45, 2.75) is 32.2 Å². The van der Waals surface area contributed by atoms with Crippen molar-refractivity contribution < 1.29 is 19.4 Å². The summed E-state index contributed by atoms with van der Waals surface area (Å²) in [4.78, 5) is 10.9. The lowest BCUT2D eigenvalue weighted by molar-refractivity contribution is -0.138. The molecule has 5 nitrogen and oxygen atoms in total. The molecule has 0 bridgehead atoms. The fourth-order valence-corrected chi connectivity index (χ4v) is 2.56. The lowest BCUT2D eigenvalue weighted by atomic mass is 9.97. The Labute approximate surface area is 122 Å². The Balaban J connectivity index is 2.45. The lowest BCUT2D eigenvalue weighted by Crippen LogP contribution is -2.32. The molecule has 0 aromatic heterocycles. The molecule has 1 heterocycles. The summed E-state index contributed by atoms with van der Waals surface area (Å²) in [6.07, 6.45) is 1.71. The summed E-state index contributed by atoms with van der Waals surface area (Å²) < 4.78 is 11.4. The molecule has 1 aliphatic heterocycles. The zero-order valence-corrected chi connectivity index (χ0v) is 12.1. The molecule has 1 atom stereocenters. The van der Waals surface area contributed by atoms with Gasteiger partial charge in [-0.1, -0.05) is 18.5 Å². The van der Waals surface area contributed by atoms with Gasteiger partial charge in [0.15, 0.2) is 11.5 Å². The van der Waals surface area contributed by atoms with Crippen LogP contribution in [0, 0.1) is 0 Å². The van der Waals surface area contributed by atoms with Gasteiger partial charge in [-0.2, -0.15) is 0 Å². The van der Waals surface area contributed by atoms with Crippen LogP contribution in [0.15, 0.2) is 6.07 Å². The zero-order chi connectivity index (χ0) is 14.7. The Morgan fingerprint density at radius 3 is 2.70 bits per heavy atom. The summed E-state index contributed by atoms with van der Waals surface area (Å²) in [6, 6.07) is 0.776. The number of hydrogen-bond donors (Lipinski definition) is 2. The highest BCUT2D eigenvalue weighted by Crippen LogP contribution is 2.42. The maximum Gasteiger partial charge on any atom is 0.320 e. The van der Waals surface area contributed by atoms with Crippen LogP contribution in [0.3, 0.4) is 0 Å². The number of carboxylic acid groups (broad SMARTS) is 1. The second-order valence-corrected chi connectivity index (χ2v) is 5.11. The molecule has 1 aliphatic rings. The first kappa shape index (κ1) is 14.9. The van der Waals surface area contributed by atoms with Crippen LogP contribution >= 0.6 is 11.6 Å². The van der Waals surface area contributed by atoms with Gasteiger partial charge in [-0.3, -0.25) is 4.79 Å². The van der Waals surface area contributed by atoms with Crippen LogP contribution in [0.25, 0.3) is 0 Å². The predicted molar refractivity (Wildman–Crippen MR) is 75.8 cm³/mol. The summed E-state index contributed by atoms with van der Waals surface area (Å²) in [5.74, 6) is 0.147. The molecule has 110 valence electrons. The van der Waals surface area contributed by atoms with Gasteiger partial charge in [0.2, 0.25) is 0 Å². The van der Waals surface area contributed by atoms with E-state index in [1.54, 1.807) is 6.07 Å². The number of carboxylic acids is 1. The van der Waals surface area contributed by atoms with Crippen molar-refractivity contribution in [1.82, 2.24) is 0 Å². The minimum Gasteiger partial charge on any atom is -0.489 e. The van der Waals surface area contributed by atoms with E-state index in [-0.39, 0.29) is 6.42 Å². The number of carbonyl (C=O) groups is 1. The number of aliphatic carboxylic acids is 1. The molecule has 20 heavy (non-hydrogen) atoms. The second-order valence-electron chi connectivity index (χ2n) is 4.71. The van der Waals surface area contributed by atoms with Crippen LogP contribution in [0.4, 0.5) is 0 Å². The van der Waals surface area contributed by atoms with E-state index in [0.29, 0.717) is 36.2 Å². The number of halogens is 1. The third-order valence-electron chi connectivity index (χ3n) is 3.28. The first-order valence-corrected chi connectivity index (χ1v) is 7.00. The molecule has 0 fully saturated rings. The van der Waals surface area contributed by atoms with E-state index in [2.05, 4.69) is 0 Å². The molecule has 1 aromatic rings. The Bertz CT molecular complexity index is 518. The summed E-state index contributed by atoms with van der Waals surface area (Å²) in [6.45, 7) is 3.10. The van der Waals surface area contributed by atoms with E-state index in [0.717, 1.165) is 17.5 Å². The minimum atomic E-state index is -1.03. The number of ether oxygens (including phenoxy) is 2. The van der Waals surface area contributed by atoms with E-state index in [9.17, 15) is 4.79 Å². The van der Waals surface area contributed by atoms with Crippen LogP contribution in [0.2, 0.25) is 5.02 Å². The quantitative estimate of drug-likeness (QED) is 0.889. The SMILES string of the molecule is CCc1c(CC(N)C(=O)O)cc(Cl)c2c1OCCCO2. The number of nitrogens with two attached hydrogens (primary N) is 1. The van der Waals surface area contributed by atoms with Gasteiger partial charge < -0.3 is 20.3 Å². The summed E-state index contributed by atoms with van der Waals surface area (Å²) in [5, 5.41) is 9.38. The number of hydrogen-bond acceptors (Lipinski definition) is 4. The van der Waals surface area contributed by atoms with Gasteiger partial charge in [0.1, 0.15) is 6.04 Å². The molecule has 0 saturated heterocycles. The smallest absolute Gasteiger partial charge is 0.320 e. The molecular formula is C14H18ClNO4. The zero-order valence-electron chi connectivity index (χ0n) is 11.3. The fraction of sp³-hybridized carbons (Fsp3) is 0.500. The highest BCUT2D eigenvalue weighted by atomic mass is 35.5. The van der Waals surface area contributed by atoms with Gasteiger partial charge in [0.25, 0.3) is 0 Å². The highest BCUT2D eigenvalue weighted by molar-refractivity contribution is 6.32. The van der Waals surface area contributed by atoms with Crippen LogP contribution < -0.4 is 15.2 Å². The van der Waals surface area contributed by atoms with Gasteiger partial charge >= 0.3 is 5.97 Å². The van der Waals surface area contributed by atoms with Crippen LogP contribution in [-0.4, -0.2) is 30.3 Å². The van der Waals surface area contributed by atoms with Crippen LogP contribution in [0.1, 0.15) is 24.5 Å². The lowest BCUT2D eigenvalue weighted by Gasteiger charge is -2.18. The van der Waals surface area contributed by atoms with Gasteiger partial charge in [0, 0.05) is 12.0 Å². The van der Waals surface area contributed by atoms with Crippen molar-refractivity contribution in [3.05, 3.63) is 22.2 Å². The molecule has 2 rings (SSSR count). The van der Waals surface area contributed by atoms with E-state index in [1.165, 1.54) is 0 Å². The average molecular weight is 300 g/mol. The minimum absolute atomic E-state index is 0.217. The van der Waals surface area contributed by atoms with Crippen LogP contribution in [-0.2, 0) is 17.6 Å². The Kier molecular flexibility index (Phi) is 4.73. The average Bonchev–Trinajstić information content (AvgIpc) is 2.65. The Morgan fingerprint density at radius 2 is 2.10 bits per heavy atom. The molecule has 0 spiro atoms. The number of rotatable bonds is 4. The van der Waals surface area contributed by atoms with Gasteiger partial charge in [0.05, 0.1) is 18.2 Å². The van der Waals surface area contributed by atoms with Gasteiger partial charge in [-0.05, 0) is 24.5 Å². The standard InChI is InChI=1S/C14H18ClNO4/c1-2-9-8(7-11(16)14(17)18)6-10(15)13-12(9)19-4-3-5-20-13/h6,11H,2-5,7,16H2,1H3,(H,17,18). The van der Waals surface area contributed by atoms with E-state index < -0.39 is 12.0 Å². The topological polar surface area (TPSA) is 81.8 Å². The summed E-state index contributed by atoms with van der Waals surface area (Å²) >= 11 is 6.22. The molecule has 1 aromatic carbocycles. The van der Waals surface area contributed by atoms with E-state index in [1.807, 2.05) is 6.92 Å². The number of benzene rings is 1. The van der Waals surface area contributed by atoms with Crippen molar-refractivity contribution in [2.24, 2.45) is 5.73 Å². The molecule has 3 N–H and O–H groups in total. The normalized spacial score (nSPS) is 15.6. The third-order valence-corrected chi connectivity index (χ3v) is 3.56. The Hall–Kier alpha value is -1.46. The monoisotopic (exact) mass is 299 g/mol. The van der Waals surface area contributed by atoms with E-state index >= 15 is 0 Å². The summed E-state index contributed by atoms with van der Waals surface area (Å²) in [7, 11) is 0. The van der Waals surface area contributed by atoms with Crippen molar-refractivity contribution in [2.75, 3.05) is 13.2 Å². The first-order chi connectivity index (χ1) is 9.54. The molecule has 0 radical (unpaired) electrons. The molecule has 1 unspecified atom stereocenters. The fourth-order valence-electron chi connectivity index (χ4n) is 2.29. The van der Waals surface area contributed by atoms with Crippen molar-refractivity contribution in [1.29, 1.82) is 0 Å². The summed E-state index contributed by atoms with van der Waals surface area (Å²) in [5.41, 5.74) is 7.34. The molecular weight excluding hydrogens is 282 g/mol.